The van der Waals surface area contributed by atoms with Gasteiger partial charge in [-0.3, -0.25) is 9.59 Å². The molecule has 2 amide bonds. The molecule has 1 aliphatic heterocycles. The molecule has 36 heavy (non-hydrogen) atoms. The van der Waals surface area contributed by atoms with Gasteiger partial charge in [-0.2, -0.15) is 0 Å². The molecule has 6 nitrogen and oxygen atoms in total. The van der Waals surface area contributed by atoms with Crippen LogP contribution in [0.5, 0.6) is 5.75 Å². The Morgan fingerprint density at radius 2 is 1.81 bits per heavy atom. The smallest absolute Gasteiger partial charge is 0.289 e. The minimum absolute atomic E-state index is 0.0577. The van der Waals surface area contributed by atoms with Gasteiger partial charge >= 0.3 is 0 Å². The number of hydrogen-bond donors (Lipinski definition) is 0. The minimum atomic E-state index is -0.324. The third-order valence-electron chi connectivity index (χ3n) is 6.61. The third-order valence-corrected chi connectivity index (χ3v) is 6.61. The van der Waals surface area contributed by atoms with Crippen molar-refractivity contribution in [3.63, 3.8) is 0 Å². The number of fused-ring (bicyclic) bond motifs is 1. The van der Waals surface area contributed by atoms with Crippen molar-refractivity contribution in [1.82, 2.24) is 9.80 Å². The second-order valence-corrected chi connectivity index (χ2v) is 9.28. The van der Waals surface area contributed by atoms with Crippen LogP contribution >= 0.6 is 0 Å². The molecule has 2 heterocycles. The maximum Gasteiger partial charge on any atom is 0.289 e. The molecule has 3 aromatic rings. The van der Waals surface area contributed by atoms with Crippen LogP contribution in [0, 0.1) is 11.7 Å². The maximum atomic E-state index is 13.7. The second kappa shape index (κ2) is 11.0. The number of amides is 2. The van der Waals surface area contributed by atoms with E-state index in [0.29, 0.717) is 36.9 Å². The summed E-state index contributed by atoms with van der Waals surface area (Å²) in [4.78, 5) is 29.2. The molecule has 0 fully saturated rings. The lowest BCUT2D eigenvalue weighted by Crippen LogP contribution is -2.42. The first-order chi connectivity index (χ1) is 17.3. The van der Waals surface area contributed by atoms with Crippen molar-refractivity contribution in [3.05, 3.63) is 88.6 Å². The summed E-state index contributed by atoms with van der Waals surface area (Å²) in [5.41, 5.74) is 2.96. The number of ether oxygens (including phenoxy) is 1. The zero-order chi connectivity index (χ0) is 25.8. The molecule has 2 aromatic carbocycles. The molecule has 0 unspecified atom stereocenters. The quantitative estimate of drug-likeness (QED) is 0.410. The zero-order valence-electron chi connectivity index (χ0n) is 21.3. The Labute approximate surface area is 211 Å². The highest BCUT2D eigenvalue weighted by Gasteiger charge is 2.33. The van der Waals surface area contributed by atoms with Crippen LogP contribution in [0.4, 0.5) is 4.39 Å². The van der Waals surface area contributed by atoms with E-state index in [1.165, 1.54) is 12.1 Å². The first-order valence-corrected chi connectivity index (χ1v) is 12.5. The summed E-state index contributed by atoms with van der Waals surface area (Å²) in [5, 5.41) is 0. The third kappa shape index (κ3) is 5.30. The van der Waals surface area contributed by atoms with Gasteiger partial charge in [-0.1, -0.05) is 32.0 Å². The Hall–Kier alpha value is -3.61. The normalized spacial score (nSPS) is 15.1. The Balaban J connectivity index is 1.58. The van der Waals surface area contributed by atoms with Crippen molar-refractivity contribution in [2.45, 2.75) is 46.8 Å². The molecular weight excluding hydrogens is 459 g/mol. The van der Waals surface area contributed by atoms with Gasteiger partial charge in [0.25, 0.3) is 5.91 Å². The summed E-state index contributed by atoms with van der Waals surface area (Å²) in [6, 6.07) is 15.3. The highest BCUT2D eigenvalue weighted by molar-refractivity contribution is 5.91. The monoisotopic (exact) mass is 492 g/mol. The van der Waals surface area contributed by atoms with Crippen LogP contribution in [-0.2, 0) is 17.8 Å². The van der Waals surface area contributed by atoms with Gasteiger partial charge in [0.05, 0.1) is 6.04 Å². The van der Waals surface area contributed by atoms with Crippen LogP contribution in [0.1, 0.15) is 66.7 Å². The molecule has 1 atom stereocenters. The predicted molar refractivity (Wildman–Crippen MR) is 135 cm³/mol. The van der Waals surface area contributed by atoms with E-state index in [9.17, 15) is 14.0 Å². The van der Waals surface area contributed by atoms with E-state index in [2.05, 4.69) is 0 Å². The van der Waals surface area contributed by atoms with Gasteiger partial charge in [-0.15, -0.1) is 0 Å². The van der Waals surface area contributed by atoms with Gasteiger partial charge in [-0.25, -0.2) is 4.39 Å². The van der Waals surface area contributed by atoms with Crippen molar-refractivity contribution >= 4 is 11.8 Å². The summed E-state index contributed by atoms with van der Waals surface area (Å²) in [5.74, 6) is 0.927. The molecule has 0 radical (unpaired) electrons. The van der Waals surface area contributed by atoms with Gasteiger partial charge in [0, 0.05) is 25.6 Å². The number of carbonyl (C=O) groups excluding carboxylic acids is 2. The van der Waals surface area contributed by atoms with Gasteiger partial charge in [-0.05, 0) is 73.4 Å². The van der Waals surface area contributed by atoms with E-state index in [4.69, 9.17) is 9.15 Å². The van der Waals surface area contributed by atoms with Crippen LogP contribution in [0.25, 0.3) is 0 Å². The maximum absolute atomic E-state index is 13.7. The van der Waals surface area contributed by atoms with Crippen molar-refractivity contribution < 1.29 is 23.1 Å². The Morgan fingerprint density at radius 3 is 2.47 bits per heavy atom. The molecule has 0 saturated heterocycles. The Bertz CT molecular complexity index is 1210. The van der Waals surface area contributed by atoms with E-state index in [1.807, 2.05) is 50.8 Å². The predicted octanol–water partition coefficient (Wildman–Crippen LogP) is 5.61. The van der Waals surface area contributed by atoms with Crippen molar-refractivity contribution in [1.29, 1.82) is 0 Å². The highest BCUT2D eigenvalue weighted by Crippen LogP contribution is 2.38. The largest absolute Gasteiger partial charge is 0.486 e. The molecule has 4 rings (SSSR count). The lowest BCUT2D eigenvalue weighted by atomic mass is 9.87. The van der Waals surface area contributed by atoms with E-state index in [1.54, 1.807) is 29.2 Å². The van der Waals surface area contributed by atoms with E-state index in [-0.39, 0.29) is 36.2 Å². The molecule has 190 valence electrons. The molecule has 1 aliphatic rings. The van der Waals surface area contributed by atoms with E-state index in [0.717, 1.165) is 23.1 Å². The molecule has 0 N–H and O–H groups in total. The molecule has 0 saturated carbocycles. The number of rotatable bonds is 8. The highest BCUT2D eigenvalue weighted by atomic mass is 19.1. The first-order valence-electron chi connectivity index (χ1n) is 12.5. The fourth-order valence-electron chi connectivity index (χ4n) is 4.65. The van der Waals surface area contributed by atoms with Gasteiger partial charge in [0.2, 0.25) is 5.91 Å². The summed E-state index contributed by atoms with van der Waals surface area (Å²) in [7, 11) is 0. The SMILES string of the molecule is CCN(CC)C(=O)c1ccc(COc2ccc3c(c2)[C@H](c2ccc(F)cc2)N(C(=O)C(C)C)CC3)o1. The summed E-state index contributed by atoms with van der Waals surface area (Å²) in [6.07, 6.45) is 0.737. The van der Waals surface area contributed by atoms with Crippen molar-refractivity contribution in [2.75, 3.05) is 19.6 Å². The topological polar surface area (TPSA) is 63.0 Å². The van der Waals surface area contributed by atoms with Crippen LogP contribution in [0.15, 0.2) is 59.0 Å². The van der Waals surface area contributed by atoms with Crippen LogP contribution < -0.4 is 4.74 Å². The lowest BCUT2D eigenvalue weighted by molar-refractivity contribution is -0.136. The number of halogens is 1. The zero-order valence-corrected chi connectivity index (χ0v) is 21.3. The first kappa shape index (κ1) is 25.5. The molecule has 7 heteroatoms. The molecular formula is C29H33FN2O4. The summed E-state index contributed by atoms with van der Waals surface area (Å²) in [6.45, 7) is 9.63. The molecule has 1 aromatic heterocycles. The van der Waals surface area contributed by atoms with Gasteiger partial charge in [0.1, 0.15) is 23.9 Å². The number of nitrogens with zero attached hydrogens (tertiary/aromatic N) is 2. The summed E-state index contributed by atoms with van der Waals surface area (Å²) >= 11 is 0. The average Bonchev–Trinajstić information content (AvgIpc) is 3.36. The number of benzene rings is 2. The fraction of sp³-hybridized carbons (Fsp3) is 0.379. The van der Waals surface area contributed by atoms with Gasteiger partial charge in [0.15, 0.2) is 5.76 Å². The van der Waals surface area contributed by atoms with Gasteiger partial charge < -0.3 is 19.0 Å². The number of carbonyl (C=O) groups is 2. The van der Waals surface area contributed by atoms with E-state index < -0.39 is 0 Å². The molecule has 0 spiro atoms. The Kier molecular flexibility index (Phi) is 7.77. The van der Waals surface area contributed by atoms with Crippen LogP contribution in [0.3, 0.4) is 0 Å². The lowest BCUT2D eigenvalue weighted by Gasteiger charge is -2.39. The average molecular weight is 493 g/mol. The van der Waals surface area contributed by atoms with E-state index >= 15 is 0 Å². The number of hydrogen-bond acceptors (Lipinski definition) is 4. The number of furan rings is 1. The van der Waals surface area contributed by atoms with Crippen molar-refractivity contribution in [2.24, 2.45) is 5.92 Å². The second-order valence-electron chi connectivity index (χ2n) is 9.28. The minimum Gasteiger partial charge on any atom is -0.486 e. The summed E-state index contributed by atoms with van der Waals surface area (Å²) < 4.78 is 25.4. The van der Waals surface area contributed by atoms with Crippen LogP contribution in [0.2, 0.25) is 0 Å². The van der Waals surface area contributed by atoms with Crippen LogP contribution in [-0.4, -0.2) is 41.2 Å². The van der Waals surface area contributed by atoms with Crippen molar-refractivity contribution in [3.8, 4) is 5.75 Å². The standard InChI is InChI=1S/C29H33FN2O4/c1-5-31(6-2)29(34)26-14-13-24(36-26)18-35-23-12-9-20-15-16-32(28(33)19(3)4)27(25(20)17-23)21-7-10-22(30)11-8-21/h7-14,17,19,27H,5-6,15-16,18H2,1-4H3/t27-/m0/s1. The molecule has 0 aliphatic carbocycles. The Morgan fingerprint density at radius 1 is 1.08 bits per heavy atom. The molecule has 0 bridgehead atoms. The fourth-order valence-corrected chi connectivity index (χ4v) is 4.65.